The maximum absolute atomic E-state index is 12.3. The van der Waals surface area contributed by atoms with Crippen LogP contribution in [0.15, 0.2) is 42.6 Å². The molecule has 1 saturated heterocycles. The molecule has 0 bridgehead atoms. The van der Waals surface area contributed by atoms with Crippen molar-refractivity contribution in [3.8, 4) is 6.07 Å². The number of hydrogen-bond acceptors (Lipinski definition) is 4. The summed E-state index contributed by atoms with van der Waals surface area (Å²) in [7, 11) is 0. The molecule has 1 amide bonds. The minimum atomic E-state index is -0.196. The molecule has 1 aliphatic heterocycles. The monoisotopic (exact) mass is 292 g/mol. The summed E-state index contributed by atoms with van der Waals surface area (Å²) in [4.78, 5) is 18.9. The van der Waals surface area contributed by atoms with Crippen LogP contribution in [0.2, 0.25) is 0 Å². The van der Waals surface area contributed by atoms with Crippen LogP contribution in [-0.2, 0) is 0 Å². The van der Waals surface area contributed by atoms with Crippen molar-refractivity contribution < 1.29 is 4.79 Å². The summed E-state index contributed by atoms with van der Waals surface area (Å²) in [6.07, 6.45) is 4.05. The molecular weight excluding hydrogens is 276 g/mol. The van der Waals surface area contributed by atoms with Gasteiger partial charge >= 0.3 is 0 Å². The molecule has 0 spiro atoms. The summed E-state index contributed by atoms with van der Waals surface area (Å²) >= 11 is 0. The lowest BCUT2D eigenvalue weighted by molar-refractivity contribution is 0.102. The van der Waals surface area contributed by atoms with Gasteiger partial charge in [0.05, 0.1) is 17.3 Å². The van der Waals surface area contributed by atoms with Gasteiger partial charge in [0, 0.05) is 24.8 Å². The van der Waals surface area contributed by atoms with Gasteiger partial charge in [0.2, 0.25) is 0 Å². The highest BCUT2D eigenvalue weighted by Crippen LogP contribution is 2.26. The summed E-state index contributed by atoms with van der Waals surface area (Å²) in [6, 6.07) is 12.3. The third-order valence-electron chi connectivity index (χ3n) is 3.72. The van der Waals surface area contributed by atoms with Crippen LogP contribution < -0.4 is 10.2 Å². The molecule has 5 nitrogen and oxygen atoms in total. The molecule has 1 fully saturated rings. The maximum atomic E-state index is 12.3. The molecule has 0 atom stereocenters. The lowest BCUT2D eigenvalue weighted by Gasteiger charge is -2.19. The van der Waals surface area contributed by atoms with Crippen molar-refractivity contribution in [3.05, 3.63) is 53.7 Å². The predicted molar refractivity (Wildman–Crippen MR) is 84.8 cm³/mol. The van der Waals surface area contributed by atoms with Gasteiger partial charge in [-0.3, -0.25) is 4.79 Å². The van der Waals surface area contributed by atoms with Crippen LogP contribution in [0.5, 0.6) is 0 Å². The molecular formula is C17H16N4O. The molecule has 2 aromatic rings. The highest BCUT2D eigenvalue weighted by atomic mass is 16.1. The Morgan fingerprint density at radius 2 is 1.91 bits per heavy atom. The molecule has 0 radical (unpaired) electrons. The first-order valence-corrected chi connectivity index (χ1v) is 7.29. The average molecular weight is 292 g/mol. The van der Waals surface area contributed by atoms with Crippen LogP contribution in [0, 0.1) is 11.3 Å². The van der Waals surface area contributed by atoms with E-state index in [1.54, 1.807) is 30.5 Å². The molecule has 1 aromatic heterocycles. The highest BCUT2D eigenvalue weighted by molar-refractivity contribution is 6.05. The zero-order valence-electron chi connectivity index (χ0n) is 12.1. The van der Waals surface area contributed by atoms with E-state index in [0.29, 0.717) is 11.1 Å². The van der Waals surface area contributed by atoms with E-state index in [-0.39, 0.29) is 5.91 Å². The second-order valence-electron chi connectivity index (χ2n) is 5.21. The van der Waals surface area contributed by atoms with Crippen molar-refractivity contribution in [2.45, 2.75) is 12.8 Å². The standard InChI is InChI=1S/C17H16N4O/c18-12-13-5-7-14(8-6-13)17(22)20-15-4-3-9-19-16(15)21-10-1-2-11-21/h3-9H,1-2,10-11H2,(H,20,22). The number of nitriles is 1. The van der Waals surface area contributed by atoms with E-state index in [4.69, 9.17) is 5.26 Å². The molecule has 5 heteroatoms. The molecule has 22 heavy (non-hydrogen) atoms. The van der Waals surface area contributed by atoms with Crippen LogP contribution in [0.1, 0.15) is 28.8 Å². The van der Waals surface area contributed by atoms with E-state index in [1.807, 2.05) is 18.2 Å². The first-order valence-electron chi connectivity index (χ1n) is 7.29. The summed E-state index contributed by atoms with van der Waals surface area (Å²) < 4.78 is 0. The van der Waals surface area contributed by atoms with Crippen LogP contribution in [0.4, 0.5) is 11.5 Å². The SMILES string of the molecule is N#Cc1ccc(C(=O)Nc2cccnc2N2CCCC2)cc1. The first kappa shape index (κ1) is 14.1. The normalized spacial score (nSPS) is 13.7. The number of carbonyl (C=O) groups is 1. The Balaban J connectivity index is 1.80. The van der Waals surface area contributed by atoms with Gasteiger partial charge in [-0.15, -0.1) is 0 Å². The van der Waals surface area contributed by atoms with Crippen LogP contribution in [0.3, 0.4) is 0 Å². The number of carbonyl (C=O) groups excluding carboxylic acids is 1. The Kier molecular flexibility index (Phi) is 4.01. The highest BCUT2D eigenvalue weighted by Gasteiger charge is 2.18. The minimum absolute atomic E-state index is 0.196. The number of hydrogen-bond donors (Lipinski definition) is 1. The van der Waals surface area contributed by atoms with E-state index < -0.39 is 0 Å². The number of pyridine rings is 1. The molecule has 0 aliphatic carbocycles. The second kappa shape index (κ2) is 6.27. The average Bonchev–Trinajstić information content (AvgIpc) is 3.10. The molecule has 1 aliphatic rings. The van der Waals surface area contributed by atoms with Gasteiger partial charge < -0.3 is 10.2 Å². The fraction of sp³-hybridized carbons (Fsp3) is 0.235. The van der Waals surface area contributed by atoms with Gasteiger partial charge in [0.1, 0.15) is 0 Å². The third-order valence-corrected chi connectivity index (χ3v) is 3.72. The molecule has 0 unspecified atom stereocenters. The van der Waals surface area contributed by atoms with Crippen molar-refractivity contribution >= 4 is 17.4 Å². The van der Waals surface area contributed by atoms with E-state index in [9.17, 15) is 4.79 Å². The van der Waals surface area contributed by atoms with E-state index >= 15 is 0 Å². The number of nitrogens with one attached hydrogen (secondary N) is 1. The summed E-state index contributed by atoms with van der Waals surface area (Å²) in [6.45, 7) is 1.94. The number of benzene rings is 1. The van der Waals surface area contributed by atoms with Crippen molar-refractivity contribution in [1.29, 1.82) is 5.26 Å². The van der Waals surface area contributed by atoms with Gasteiger partial charge in [-0.1, -0.05) is 0 Å². The molecule has 110 valence electrons. The Bertz CT molecular complexity index is 712. The fourth-order valence-electron chi connectivity index (χ4n) is 2.57. The van der Waals surface area contributed by atoms with Crippen molar-refractivity contribution in [3.63, 3.8) is 0 Å². The topological polar surface area (TPSA) is 69.0 Å². The Labute approximate surface area is 129 Å². The maximum Gasteiger partial charge on any atom is 0.255 e. The third kappa shape index (κ3) is 2.91. The molecule has 3 rings (SSSR count). The van der Waals surface area contributed by atoms with Gasteiger partial charge in [-0.2, -0.15) is 5.26 Å². The minimum Gasteiger partial charge on any atom is -0.355 e. The summed E-state index contributed by atoms with van der Waals surface area (Å²) in [5.41, 5.74) is 1.78. The quantitative estimate of drug-likeness (QED) is 0.944. The summed E-state index contributed by atoms with van der Waals surface area (Å²) in [5.74, 6) is 0.625. The van der Waals surface area contributed by atoms with E-state index in [1.165, 1.54) is 0 Å². The molecule has 1 N–H and O–H groups in total. The number of aromatic nitrogens is 1. The van der Waals surface area contributed by atoms with Crippen molar-refractivity contribution in [1.82, 2.24) is 4.98 Å². The molecule has 2 heterocycles. The van der Waals surface area contributed by atoms with Gasteiger partial charge in [0.25, 0.3) is 5.91 Å². The zero-order chi connectivity index (χ0) is 15.4. The van der Waals surface area contributed by atoms with E-state index in [0.717, 1.165) is 37.4 Å². The second-order valence-corrected chi connectivity index (χ2v) is 5.21. The summed E-state index contributed by atoms with van der Waals surface area (Å²) in [5, 5.41) is 11.7. The number of nitrogens with zero attached hydrogens (tertiary/aromatic N) is 3. The van der Waals surface area contributed by atoms with Crippen molar-refractivity contribution in [2.75, 3.05) is 23.3 Å². The lowest BCUT2D eigenvalue weighted by atomic mass is 10.1. The van der Waals surface area contributed by atoms with Gasteiger partial charge in [-0.05, 0) is 49.2 Å². The lowest BCUT2D eigenvalue weighted by Crippen LogP contribution is -2.22. The molecule has 0 saturated carbocycles. The Hall–Kier alpha value is -2.87. The van der Waals surface area contributed by atoms with Crippen LogP contribution in [-0.4, -0.2) is 24.0 Å². The number of rotatable bonds is 3. The van der Waals surface area contributed by atoms with Gasteiger partial charge in [-0.25, -0.2) is 4.98 Å². The number of anilines is 2. The van der Waals surface area contributed by atoms with Crippen molar-refractivity contribution in [2.24, 2.45) is 0 Å². The first-order chi connectivity index (χ1) is 10.8. The Morgan fingerprint density at radius 1 is 1.18 bits per heavy atom. The largest absolute Gasteiger partial charge is 0.355 e. The zero-order valence-corrected chi connectivity index (χ0v) is 12.1. The van der Waals surface area contributed by atoms with Crippen LogP contribution >= 0.6 is 0 Å². The van der Waals surface area contributed by atoms with Crippen LogP contribution in [0.25, 0.3) is 0 Å². The smallest absolute Gasteiger partial charge is 0.255 e. The van der Waals surface area contributed by atoms with Gasteiger partial charge in [0.15, 0.2) is 5.82 Å². The number of amides is 1. The molecule has 1 aromatic carbocycles. The fourth-order valence-corrected chi connectivity index (χ4v) is 2.57. The Morgan fingerprint density at radius 3 is 2.59 bits per heavy atom. The van der Waals surface area contributed by atoms with E-state index in [2.05, 4.69) is 15.2 Å². The predicted octanol–water partition coefficient (Wildman–Crippen LogP) is 2.81.